The number of hydrogen-bond donors (Lipinski definition) is 1. The Kier molecular flexibility index (Phi) is 31.9. The highest BCUT2D eigenvalue weighted by Crippen LogP contribution is 2.15. The predicted molar refractivity (Wildman–Crippen MR) is 178 cm³/mol. The molecule has 0 aromatic heterocycles. The van der Waals surface area contributed by atoms with E-state index in [-0.39, 0.29) is 25.2 Å². The van der Waals surface area contributed by atoms with Gasteiger partial charge in [-0.3, -0.25) is 9.59 Å². The van der Waals surface area contributed by atoms with E-state index in [4.69, 9.17) is 9.47 Å². The van der Waals surface area contributed by atoms with Gasteiger partial charge in [-0.05, 0) is 18.8 Å². The smallest absolute Gasteiger partial charge is 0.305 e. The van der Waals surface area contributed by atoms with Crippen molar-refractivity contribution < 1.29 is 24.2 Å². The lowest BCUT2D eigenvalue weighted by atomic mass is 10.0. The Morgan fingerprint density at radius 1 is 0.476 bits per heavy atom. The second-order valence-electron chi connectivity index (χ2n) is 13.2. The van der Waals surface area contributed by atoms with Crippen molar-refractivity contribution in [3.63, 3.8) is 0 Å². The molecule has 5 nitrogen and oxygen atoms in total. The van der Waals surface area contributed by atoms with E-state index in [1.807, 2.05) is 0 Å². The summed E-state index contributed by atoms with van der Waals surface area (Å²) in [5, 5.41) is 9.97. The van der Waals surface area contributed by atoms with Gasteiger partial charge in [0.05, 0.1) is 0 Å². The zero-order chi connectivity index (χ0) is 30.9. The molecule has 0 unspecified atom stereocenters. The summed E-state index contributed by atoms with van der Waals surface area (Å²) in [6.45, 7) is 6.66. The van der Waals surface area contributed by atoms with Crippen LogP contribution in [0, 0.1) is 5.92 Å². The second-order valence-corrected chi connectivity index (χ2v) is 13.2. The molecular weight excluding hydrogens is 524 g/mol. The first-order valence-corrected chi connectivity index (χ1v) is 18.4. The fourth-order valence-corrected chi connectivity index (χ4v) is 5.45. The van der Waals surface area contributed by atoms with Crippen molar-refractivity contribution in [3.8, 4) is 0 Å². The summed E-state index contributed by atoms with van der Waals surface area (Å²) in [5.41, 5.74) is 0. The molecule has 250 valence electrons. The molecule has 1 atom stereocenters. The molecule has 0 radical (unpaired) electrons. The molecule has 0 spiro atoms. The van der Waals surface area contributed by atoms with E-state index in [1.165, 1.54) is 141 Å². The summed E-state index contributed by atoms with van der Waals surface area (Å²) in [7, 11) is 0. The Labute approximate surface area is 261 Å². The highest BCUT2D eigenvalue weighted by molar-refractivity contribution is 5.69. The number of aliphatic hydroxyl groups excluding tert-OH is 1. The van der Waals surface area contributed by atoms with Crippen LogP contribution in [0.25, 0.3) is 0 Å². The number of hydrogen-bond acceptors (Lipinski definition) is 5. The molecule has 42 heavy (non-hydrogen) atoms. The highest BCUT2D eigenvalue weighted by atomic mass is 16.6. The maximum Gasteiger partial charge on any atom is 0.305 e. The predicted octanol–water partition coefficient (Wildman–Crippen LogP) is 11.0. The van der Waals surface area contributed by atoms with Crippen LogP contribution in [-0.2, 0) is 19.1 Å². The van der Waals surface area contributed by atoms with E-state index in [0.29, 0.717) is 12.8 Å². The van der Waals surface area contributed by atoms with Crippen molar-refractivity contribution in [1.82, 2.24) is 0 Å². The van der Waals surface area contributed by atoms with Crippen LogP contribution in [0.5, 0.6) is 0 Å². The van der Waals surface area contributed by atoms with Gasteiger partial charge in [0.2, 0.25) is 0 Å². The van der Waals surface area contributed by atoms with Crippen LogP contribution in [0.4, 0.5) is 0 Å². The lowest BCUT2D eigenvalue weighted by molar-refractivity contribution is -0.152. The molecule has 0 aliphatic carbocycles. The van der Waals surface area contributed by atoms with Crippen LogP contribution >= 0.6 is 0 Å². The third-order valence-corrected chi connectivity index (χ3v) is 8.27. The number of aliphatic hydroxyl groups is 1. The maximum atomic E-state index is 11.9. The van der Waals surface area contributed by atoms with Gasteiger partial charge >= 0.3 is 11.9 Å². The SMILES string of the molecule is CCCCCCCCCCCCCC(=O)OC[C@@H](O)COC(=O)CCCCCCCCCCCCCCCCC(C)C. The Morgan fingerprint density at radius 3 is 1.07 bits per heavy atom. The molecule has 0 bridgehead atoms. The van der Waals surface area contributed by atoms with Crippen LogP contribution in [0.2, 0.25) is 0 Å². The lowest BCUT2D eigenvalue weighted by Crippen LogP contribution is -2.25. The molecule has 0 saturated heterocycles. The number of unbranched alkanes of at least 4 members (excludes halogenated alkanes) is 23. The van der Waals surface area contributed by atoms with Gasteiger partial charge in [0, 0.05) is 12.8 Å². The standard InChI is InChI=1S/C37H72O5/c1-4-5-6-7-8-9-14-18-21-24-27-30-36(39)41-32-35(38)33-42-37(40)31-28-25-22-19-16-13-11-10-12-15-17-20-23-26-29-34(2)3/h34-35,38H,4-33H2,1-3H3/t35-/m1/s1. The zero-order valence-corrected chi connectivity index (χ0v) is 28.4. The third kappa shape index (κ3) is 33.4. The Morgan fingerprint density at radius 2 is 0.762 bits per heavy atom. The molecule has 0 heterocycles. The molecule has 0 rings (SSSR count). The molecule has 5 heteroatoms. The summed E-state index contributed by atoms with van der Waals surface area (Å²) in [6.07, 6.45) is 32.9. The fourth-order valence-electron chi connectivity index (χ4n) is 5.45. The van der Waals surface area contributed by atoms with Crippen LogP contribution in [0.15, 0.2) is 0 Å². The quantitative estimate of drug-likeness (QED) is 0.0602. The summed E-state index contributed by atoms with van der Waals surface area (Å²) in [4.78, 5) is 23.8. The Balaban J connectivity index is 3.38. The minimum Gasteiger partial charge on any atom is -0.463 e. The molecule has 1 N–H and O–H groups in total. The topological polar surface area (TPSA) is 72.8 Å². The van der Waals surface area contributed by atoms with Crippen LogP contribution in [0.3, 0.4) is 0 Å². The average Bonchev–Trinajstić information content (AvgIpc) is 2.97. The molecule has 0 aromatic carbocycles. The van der Waals surface area contributed by atoms with Gasteiger partial charge in [0.25, 0.3) is 0 Å². The summed E-state index contributed by atoms with van der Waals surface area (Å²) < 4.78 is 10.3. The lowest BCUT2D eigenvalue weighted by Gasteiger charge is -2.12. The number of esters is 2. The first-order valence-electron chi connectivity index (χ1n) is 18.4. The van der Waals surface area contributed by atoms with E-state index < -0.39 is 6.10 Å². The van der Waals surface area contributed by atoms with Gasteiger partial charge in [-0.25, -0.2) is 0 Å². The highest BCUT2D eigenvalue weighted by Gasteiger charge is 2.12. The molecular formula is C37H72O5. The summed E-state index contributed by atoms with van der Waals surface area (Å²) >= 11 is 0. The molecule has 0 fully saturated rings. The Hall–Kier alpha value is -1.10. The molecule has 0 saturated carbocycles. The number of carbonyl (C=O) groups is 2. The minimum atomic E-state index is -0.954. The van der Waals surface area contributed by atoms with Crippen molar-refractivity contribution >= 4 is 11.9 Å². The second kappa shape index (κ2) is 32.8. The zero-order valence-electron chi connectivity index (χ0n) is 28.4. The van der Waals surface area contributed by atoms with Gasteiger partial charge in [-0.1, -0.05) is 175 Å². The van der Waals surface area contributed by atoms with Crippen molar-refractivity contribution in [2.75, 3.05) is 13.2 Å². The van der Waals surface area contributed by atoms with Gasteiger partial charge in [-0.15, -0.1) is 0 Å². The molecule has 0 aliphatic heterocycles. The Bertz CT molecular complexity index is 577. The first kappa shape index (κ1) is 40.9. The average molecular weight is 597 g/mol. The van der Waals surface area contributed by atoms with Crippen LogP contribution in [0.1, 0.15) is 201 Å². The van der Waals surface area contributed by atoms with Gasteiger partial charge < -0.3 is 14.6 Å². The molecule has 0 aliphatic rings. The van der Waals surface area contributed by atoms with Gasteiger partial charge in [0.1, 0.15) is 19.3 Å². The van der Waals surface area contributed by atoms with E-state index in [0.717, 1.165) is 31.6 Å². The summed E-state index contributed by atoms with van der Waals surface area (Å²) in [6, 6.07) is 0. The van der Waals surface area contributed by atoms with Crippen LogP contribution < -0.4 is 0 Å². The van der Waals surface area contributed by atoms with E-state index in [1.54, 1.807) is 0 Å². The molecule has 0 amide bonds. The van der Waals surface area contributed by atoms with E-state index in [9.17, 15) is 14.7 Å². The van der Waals surface area contributed by atoms with Crippen LogP contribution in [-0.4, -0.2) is 36.4 Å². The van der Waals surface area contributed by atoms with E-state index >= 15 is 0 Å². The van der Waals surface area contributed by atoms with E-state index in [2.05, 4.69) is 20.8 Å². The van der Waals surface area contributed by atoms with Gasteiger partial charge in [-0.2, -0.15) is 0 Å². The number of rotatable bonds is 33. The number of carbonyl (C=O) groups excluding carboxylic acids is 2. The summed E-state index contributed by atoms with van der Waals surface area (Å²) in [5.74, 6) is 0.297. The minimum absolute atomic E-state index is 0.108. The third-order valence-electron chi connectivity index (χ3n) is 8.27. The normalized spacial score (nSPS) is 12.1. The largest absolute Gasteiger partial charge is 0.463 e. The van der Waals surface area contributed by atoms with Crippen molar-refractivity contribution in [2.24, 2.45) is 5.92 Å². The molecule has 0 aromatic rings. The number of ether oxygens (including phenoxy) is 2. The fraction of sp³-hybridized carbons (Fsp3) is 0.946. The first-order chi connectivity index (χ1) is 20.5. The van der Waals surface area contributed by atoms with Crippen molar-refractivity contribution in [3.05, 3.63) is 0 Å². The van der Waals surface area contributed by atoms with Crippen molar-refractivity contribution in [2.45, 2.75) is 207 Å². The van der Waals surface area contributed by atoms with Crippen molar-refractivity contribution in [1.29, 1.82) is 0 Å². The monoisotopic (exact) mass is 597 g/mol. The van der Waals surface area contributed by atoms with Gasteiger partial charge in [0.15, 0.2) is 0 Å². The maximum absolute atomic E-state index is 11.9.